The van der Waals surface area contributed by atoms with Crippen LogP contribution in [0.25, 0.3) is 10.7 Å². The molecule has 1 amide bonds. The highest BCUT2D eigenvalue weighted by atomic mass is 32.1. The number of anilines is 2. The number of morpholine rings is 1. The minimum atomic E-state index is -1.21. The lowest BCUT2D eigenvalue weighted by Gasteiger charge is -2.27. The molecule has 2 aliphatic heterocycles. The van der Waals surface area contributed by atoms with Crippen molar-refractivity contribution in [2.45, 2.75) is 6.17 Å². The van der Waals surface area contributed by atoms with Gasteiger partial charge >= 0.3 is 0 Å². The molecule has 42 heavy (non-hydrogen) atoms. The highest BCUT2D eigenvalue weighted by Gasteiger charge is 2.29. The number of hydrogen-bond donors (Lipinski definition) is 4. The maximum absolute atomic E-state index is 13.5. The number of aliphatic imine (C=N–C) groups is 1. The van der Waals surface area contributed by atoms with Crippen LogP contribution in [0.5, 0.6) is 0 Å². The number of ether oxygens (including phenoxy) is 2. The fourth-order valence-electron chi connectivity index (χ4n) is 4.54. The Labute approximate surface area is 244 Å². The Balaban J connectivity index is 1.26. The third-order valence-corrected chi connectivity index (χ3v) is 7.67. The van der Waals surface area contributed by atoms with E-state index in [2.05, 4.69) is 25.6 Å². The van der Waals surface area contributed by atoms with Crippen LogP contribution in [0.1, 0.15) is 16.8 Å². The summed E-state index contributed by atoms with van der Waals surface area (Å²) in [6, 6.07) is 19.0. The van der Waals surface area contributed by atoms with Gasteiger partial charge in [0.15, 0.2) is 5.69 Å². The van der Waals surface area contributed by atoms with Crippen molar-refractivity contribution in [3.05, 3.63) is 95.6 Å². The van der Waals surface area contributed by atoms with Crippen LogP contribution < -0.4 is 15.5 Å². The van der Waals surface area contributed by atoms with E-state index in [4.69, 9.17) is 20.3 Å². The molecule has 0 bridgehead atoms. The van der Waals surface area contributed by atoms with Crippen molar-refractivity contribution in [1.82, 2.24) is 15.3 Å². The number of para-hydroxylation sites is 1. The predicted molar refractivity (Wildman–Crippen MR) is 158 cm³/mol. The maximum Gasteiger partial charge on any atom is 0.290 e. The number of nitrogens with zero attached hydrogens (tertiary/aromatic N) is 4. The van der Waals surface area contributed by atoms with Crippen LogP contribution >= 0.6 is 11.3 Å². The van der Waals surface area contributed by atoms with Crippen molar-refractivity contribution in [3.8, 4) is 10.7 Å². The Bertz CT molecular complexity index is 1670. The molecular weight excluding hydrogens is 559 g/mol. The van der Waals surface area contributed by atoms with Gasteiger partial charge in [0.05, 0.1) is 36.5 Å². The van der Waals surface area contributed by atoms with Crippen LogP contribution in [0.15, 0.2) is 77.9 Å². The van der Waals surface area contributed by atoms with E-state index in [0.717, 1.165) is 17.3 Å². The molecule has 0 saturated carbocycles. The number of carbonyl (C=O) groups excluding carboxylic acids is 1. The zero-order valence-electron chi connectivity index (χ0n) is 22.1. The van der Waals surface area contributed by atoms with Gasteiger partial charge in [-0.2, -0.15) is 0 Å². The first-order valence-electron chi connectivity index (χ1n) is 13.1. The summed E-state index contributed by atoms with van der Waals surface area (Å²) in [4.78, 5) is 28.5. The summed E-state index contributed by atoms with van der Waals surface area (Å²) in [6.45, 7) is 2.17. The summed E-state index contributed by atoms with van der Waals surface area (Å²) < 4.78 is 24.5. The van der Waals surface area contributed by atoms with Gasteiger partial charge in [0, 0.05) is 24.2 Å². The third-order valence-electron chi connectivity index (χ3n) is 6.53. The van der Waals surface area contributed by atoms with E-state index in [-0.39, 0.29) is 5.69 Å². The van der Waals surface area contributed by atoms with Crippen molar-refractivity contribution in [2.24, 2.45) is 4.99 Å². The molecule has 4 aromatic rings. The SMILES string of the molecule is N=C(N[C@H]1N=C(c2ccccc2)c2ccccc2NC1=O)OC(=N)c1nc(-c2ccc(F)cn2)sc1N1CCOCC1. The number of benzene rings is 2. The van der Waals surface area contributed by atoms with Gasteiger partial charge in [0.25, 0.3) is 11.9 Å². The second-order valence-corrected chi connectivity index (χ2v) is 10.3. The molecule has 0 radical (unpaired) electrons. The monoisotopic (exact) mass is 584 g/mol. The molecule has 4 N–H and O–H groups in total. The number of thiazole rings is 1. The minimum absolute atomic E-state index is 0.195. The first-order chi connectivity index (χ1) is 20.5. The van der Waals surface area contributed by atoms with E-state index in [9.17, 15) is 9.18 Å². The molecule has 4 heterocycles. The number of aromatic nitrogens is 2. The Morgan fingerprint density at radius 2 is 1.83 bits per heavy atom. The van der Waals surface area contributed by atoms with Gasteiger partial charge in [-0.05, 0) is 18.2 Å². The zero-order chi connectivity index (χ0) is 29.1. The van der Waals surface area contributed by atoms with Gasteiger partial charge in [0.1, 0.15) is 15.8 Å². The van der Waals surface area contributed by atoms with Crippen molar-refractivity contribution < 1.29 is 18.7 Å². The van der Waals surface area contributed by atoms with E-state index in [1.807, 2.05) is 53.4 Å². The Morgan fingerprint density at radius 3 is 2.60 bits per heavy atom. The molecule has 0 unspecified atom stereocenters. The van der Waals surface area contributed by atoms with E-state index in [0.29, 0.717) is 53.4 Å². The average Bonchev–Trinajstić information content (AvgIpc) is 3.41. The lowest BCUT2D eigenvalue weighted by molar-refractivity contribution is -0.117. The molecular formula is C29H25FN8O3S. The van der Waals surface area contributed by atoms with Gasteiger partial charge in [0.2, 0.25) is 12.1 Å². The highest BCUT2D eigenvalue weighted by molar-refractivity contribution is 7.19. The van der Waals surface area contributed by atoms with Crippen molar-refractivity contribution >= 4 is 45.6 Å². The van der Waals surface area contributed by atoms with Crippen LogP contribution in [-0.4, -0.2) is 66.0 Å². The first kappa shape index (κ1) is 27.2. The molecule has 6 rings (SSSR count). The molecule has 13 heteroatoms. The summed E-state index contributed by atoms with van der Waals surface area (Å²) in [5, 5.41) is 23.8. The molecule has 1 saturated heterocycles. The van der Waals surface area contributed by atoms with Gasteiger partial charge in [-0.1, -0.05) is 59.9 Å². The largest absolute Gasteiger partial charge is 0.405 e. The topological polar surface area (TPSA) is 149 Å². The van der Waals surface area contributed by atoms with Gasteiger partial charge in [-0.3, -0.25) is 20.6 Å². The van der Waals surface area contributed by atoms with E-state index in [1.165, 1.54) is 23.5 Å². The van der Waals surface area contributed by atoms with Crippen LogP contribution in [0.2, 0.25) is 0 Å². The molecule has 2 aliphatic rings. The van der Waals surface area contributed by atoms with Crippen LogP contribution in [0.4, 0.5) is 15.1 Å². The molecule has 0 spiro atoms. The van der Waals surface area contributed by atoms with Crippen molar-refractivity contribution in [1.29, 1.82) is 10.8 Å². The fraction of sp³-hybridized carbons (Fsp3) is 0.172. The summed E-state index contributed by atoms with van der Waals surface area (Å²) in [6.07, 6.45) is -0.104. The normalized spacial score (nSPS) is 16.5. The van der Waals surface area contributed by atoms with Crippen molar-refractivity contribution in [3.63, 3.8) is 0 Å². The van der Waals surface area contributed by atoms with Gasteiger partial charge in [-0.25, -0.2) is 14.4 Å². The number of nitrogens with one attached hydrogen (secondary N) is 4. The van der Waals surface area contributed by atoms with Crippen LogP contribution in [-0.2, 0) is 14.3 Å². The van der Waals surface area contributed by atoms with Crippen LogP contribution in [0, 0.1) is 16.6 Å². The molecule has 1 fully saturated rings. The van der Waals surface area contributed by atoms with Gasteiger partial charge in [-0.15, -0.1) is 0 Å². The smallest absolute Gasteiger partial charge is 0.290 e. The number of pyridine rings is 1. The number of amidine groups is 1. The summed E-state index contributed by atoms with van der Waals surface area (Å²) in [5.74, 6) is -1.35. The van der Waals surface area contributed by atoms with Gasteiger partial charge < -0.3 is 25.0 Å². The number of fused-ring (bicyclic) bond motifs is 1. The average molecular weight is 585 g/mol. The van der Waals surface area contributed by atoms with E-state index < -0.39 is 29.8 Å². The Morgan fingerprint density at radius 1 is 1.07 bits per heavy atom. The number of benzodiazepines with no additional fused rings is 1. The molecule has 2 aromatic carbocycles. The number of amides is 1. The molecule has 212 valence electrons. The quantitative estimate of drug-likeness (QED) is 0.206. The summed E-state index contributed by atoms with van der Waals surface area (Å²) in [7, 11) is 0. The van der Waals surface area contributed by atoms with Crippen molar-refractivity contribution in [2.75, 3.05) is 36.5 Å². The zero-order valence-corrected chi connectivity index (χ0v) is 23.0. The number of rotatable bonds is 5. The standard InChI is InChI=1S/C29H25FN8O3S/c30-18-10-11-21(33-16-18)27-36-23(28(42-27)38-12-14-40-15-13-38)24(31)41-29(32)37-25-26(39)34-20-9-5-4-8-19(20)22(35-25)17-6-2-1-3-7-17/h1-11,16,25,31H,12-15H2,(H2,32,37)(H,34,39)/t25-/m1/s1. The molecule has 11 nitrogen and oxygen atoms in total. The molecule has 2 aromatic heterocycles. The lowest BCUT2D eigenvalue weighted by Crippen LogP contribution is -2.43. The number of halogens is 1. The third kappa shape index (κ3) is 5.73. The predicted octanol–water partition coefficient (Wildman–Crippen LogP) is 3.86. The van der Waals surface area contributed by atoms with E-state index >= 15 is 0 Å². The Kier molecular flexibility index (Phi) is 7.66. The first-order valence-corrected chi connectivity index (χ1v) is 13.9. The minimum Gasteiger partial charge on any atom is -0.405 e. The van der Waals surface area contributed by atoms with E-state index in [1.54, 1.807) is 6.07 Å². The molecule has 1 atom stereocenters. The maximum atomic E-state index is 13.5. The Hall–Kier alpha value is -5.01. The second-order valence-electron chi connectivity index (χ2n) is 9.32. The number of carbonyl (C=O) groups is 1. The summed E-state index contributed by atoms with van der Waals surface area (Å²) >= 11 is 1.29. The second kappa shape index (κ2) is 11.8. The summed E-state index contributed by atoms with van der Waals surface area (Å²) in [5.41, 5.74) is 3.33. The van der Waals surface area contributed by atoms with Crippen LogP contribution in [0.3, 0.4) is 0 Å². The lowest BCUT2D eigenvalue weighted by atomic mass is 10.0. The fourth-order valence-corrected chi connectivity index (χ4v) is 5.63. The number of hydrogen-bond acceptors (Lipinski definition) is 10. The molecule has 0 aliphatic carbocycles. The highest BCUT2D eigenvalue weighted by Crippen LogP contribution is 2.35.